The Kier molecular flexibility index (Phi) is 6.66. The molecular formula is C17H33NO. The second-order valence-corrected chi connectivity index (χ2v) is 7.09. The van der Waals surface area contributed by atoms with E-state index in [1.54, 1.807) is 0 Å². The van der Waals surface area contributed by atoms with Crippen LogP contribution in [0.5, 0.6) is 0 Å². The topological polar surface area (TPSA) is 21.3 Å². The highest BCUT2D eigenvalue weighted by Gasteiger charge is 2.31. The number of rotatable bonds is 5. The predicted molar refractivity (Wildman–Crippen MR) is 81.3 cm³/mol. The first kappa shape index (κ1) is 15.3. The summed E-state index contributed by atoms with van der Waals surface area (Å²) in [5.41, 5.74) is 0. The second-order valence-electron chi connectivity index (χ2n) is 7.09. The smallest absolute Gasteiger partial charge is 0.0497 e. The van der Waals surface area contributed by atoms with Gasteiger partial charge in [-0.05, 0) is 62.4 Å². The molecule has 1 saturated heterocycles. The summed E-state index contributed by atoms with van der Waals surface area (Å²) in [6.45, 7) is 9.04. The minimum Gasteiger partial charge on any atom is -0.381 e. The molecule has 0 bridgehead atoms. The lowest BCUT2D eigenvalue weighted by Crippen LogP contribution is -2.36. The molecule has 3 atom stereocenters. The normalized spacial score (nSPS) is 33.3. The lowest BCUT2D eigenvalue weighted by molar-refractivity contribution is 0.0143. The van der Waals surface area contributed by atoms with Crippen LogP contribution in [0.4, 0.5) is 0 Å². The van der Waals surface area contributed by atoms with Crippen molar-refractivity contribution in [3.63, 3.8) is 0 Å². The van der Waals surface area contributed by atoms with Crippen LogP contribution < -0.4 is 5.32 Å². The summed E-state index contributed by atoms with van der Waals surface area (Å²) in [6, 6.07) is 0. The fourth-order valence-corrected chi connectivity index (χ4v) is 3.95. The first-order chi connectivity index (χ1) is 9.27. The van der Waals surface area contributed by atoms with E-state index < -0.39 is 0 Å². The number of nitrogens with one attached hydrogen (secondary N) is 1. The molecule has 112 valence electrons. The summed E-state index contributed by atoms with van der Waals surface area (Å²) in [7, 11) is 0. The van der Waals surface area contributed by atoms with E-state index in [0.717, 1.165) is 36.9 Å². The Morgan fingerprint density at radius 3 is 2.63 bits per heavy atom. The second kappa shape index (κ2) is 8.26. The summed E-state index contributed by atoms with van der Waals surface area (Å²) < 4.78 is 5.75. The average Bonchev–Trinajstić information content (AvgIpc) is 2.65. The van der Waals surface area contributed by atoms with Crippen LogP contribution >= 0.6 is 0 Å². The molecule has 19 heavy (non-hydrogen) atoms. The van der Waals surface area contributed by atoms with E-state index in [4.69, 9.17) is 4.74 Å². The summed E-state index contributed by atoms with van der Waals surface area (Å²) in [6.07, 6.45) is 9.91. The van der Waals surface area contributed by atoms with E-state index in [-0.39, 0.29) is 0 Å². The summed E-state index contributed by atoms with van der Waals surface area (Å²) in [5, 5.41) is 3.71. The van der Waals surface area contributed by atoms with E-state index in [1.165, 1.54) is 58.0 Å². The molecule has 0 spiro atoms. The van der Waals surface area contributed by atoms with Gasteiger partial charge in [0.25, 0.3) is 0 Å². The minimum atomic E-state index is 0.766. The van der Waals surface area contributed by atoms with Crippen LogP contribution in [0.15, 0.2) is 0 Å². The molecule has 0 aromatic carbocycles. The standard InChI is InChI=1S/C17H33NO/c1-14(2)11-18-12-15-7-4-3-5-9-17(15)16-8-6-10-19-13-16/h14-18H,3-13H2,1-2H3. The fraction of sp³-hybridized carbons (Fsp3) is 1.00. The quantitative estimate of drug-likeness (QED) is 0.764. The third kappa shape index (κ3) is 5.07. The van der Waals surface area contributed by atoms with E-state index >= 15 is 0 Å². The van der Waals surface area contributed by atoms with Crippen molar-refractivity contribution in [1.82, 2.24) is 5.32 Å². The van der Waals surface area contributed by atoms with Crippen molar-refractivity contribution in [2.24, 2.45) is 23.7 Å². The van der Waals surface area contributed by atoms with Gasteiger partial charge in [0.1, 0.15) is 0 Å². The number of hydrogen-bond donors (Lipinski definition) is 1. The highest BCUT2D eigenvalue weighted by molar-refractivity contribution is 4.82. The van der Waals surface area contributed by atoms with Gasteiger partial charge in [0, 0.05) is 13.2 Å². The van der Waals surface area contributed by atoms with Crippen molar-refractivity contribution in [3.05, 3.63) is 0 Å². The van der Waals surface area contributed by atoms with Crippen molar-refractivity contribution in [2.45, 2.75) is 58.8 Å². The highest BCUT2D eigenvalue weighted by Crippen LogP contribution is 2.37. The van der Waals surface area contributed by atoms with Crippen LogP contribution in [-0.2, 0) is 4.74 Å². The first-order valence-electron chi connectivity index (χ1n) is 8.56. The van der Waals surface area contributed by atoms with Crippen molar-refractivity contribution in [3.8, 4) is 0 Å². The molecule has 1 N–H and O–H groups in total. The minimum absolute atomic E-state index is 0.766. The maximum atomic E-state index is 5.75. The molecule has 1 heterocycles. The molecular weight excluding hydrogens is 234 g/mol. The molecule has 0 radical (unpaired) electrons. The van der Waals surface area contributed by atoms with Crippen LogP contribution in [0, 0.1) is 23.7 Å². The van der Waals surface area contributed by atoms with Gasteiger partial charge in [0.15, 0.2) is 0 Å². The lowest BCUT2D eigenvalue weighted by Gasteiger charge is -2.35. The van der Waals surface area contributed by atoms with E-state index in [1.807, 2.05) is 0 Å². The largest absolute Gasteiger partial charge is 0.381 e. The molecule has 0 aromatic rings. The summed E-state index contributed by atoms with van der Waals surface area (Å²) in [4.78, 5) is 0. The molecule has 3 unspecified atom stereocenters. The van der Waals surface area contributed by atoms with Crippen LogP contribution in [0.1, 0.15) is 58.8 Å². The van der Waals surface area contributed by atoms with Gasteiger partial charge in [0.05, 0.1) is 0 Å². The maximum Gasteiger partial charge on any atom is 0.0497 e. The maximum absolute atomic E-state index is 5.75. The molecule has 0 amide bonds. The zero-order chi connectivity index (χ0) is 13.5. The number of ether oxygens (including phenoxy) is 1. The average molecular weight is 267 g/mol. The summed E-state index contributed by atoms with van der Waals surface area (Å²) >= 11 is 0. The van der Waals surface area contributed by atoms with Gasteiger partial charge in [0.2, 0.25) is 0 Å². The van der Waals surface area contributed by atoms with E-state index in [2.05, 4.69) is 19.2 Å². The van der Waals surface area contributed by atoms with E-state index in [0.29, 0.717) is 0 Å². The number of hydrogen-bond acceptors (Lipinski definition) is 2. The van der Waals surface area contributed by atoms with Gasteiger partial charge in [-0.15, -0.1) is 0 Å². The van der Waals surface area contributed by atoms with Crippen molar-refractivity contribution in [2.75, 3.05) is 26.3 Å². The molecule has 0 aromatic heterocycles. The Morgan fingerprint density at radius 2 is 1.89 bits per heavy atom. The first-order valence-corrected chi connectivity index (χ1v) is 8.56. The summed E-state index contributed by atoms with van der Waals surface area (Å²) in [5.74, 6) is 3.43. The van der Waals surface area contributed by atoms with Gasteiger partial charge in [-0.25, -0.2) is 0 Å². The van der Waals surface area contributed by atoms with Crippen molar-refractivity contribution in [1.29, 1.82) is 0 Å². The monoisotopic (exact) mass is 267 g/mol. The van der Waals surface area contributed by atoms with Crippen LogP contribution in [0.25, 0.3) is 0 Å². The molecule has 2 heteroatoms. The van der Waals surface area contributed by atoms with Crippen molar-refractivity contribution < 1.29 is 4.74 Å². The molecule has 2 aliphatic rings. The third-order valence-corrected chi connectivity index (χ3v) is 4.98. The Labute approximate surface area is 119 Å². The van der Waals surface area contributed by atoms with Gasteiger partial charge in [-0.3, -0.25) is 0 Å². The molecule has 2 fully saturated rings. The Bertz CT molecular complexity index is 235. The lowest BCUT2D eigenvalue weighted by atomic mass is 9.76. The molecule has 2 nitrogen and oxygen atoms in total. The van der Waals surface area contributed by atoms with Gasteiger partial charge < -0.3 is 10.1 Å². The van der Waals surface area contributed by atoms with Crippen LogP contribution in [0.3, 0.4) is 0 Å². The zero-order valence-electron chi connectivity index (χ0n) is 13.0. The Balaban J connectivity index is 1.86. The van der Waals surface area contributed by atoms with Gasteiger partial charge in [-0.2, -0.15) is 0 Å². The molecule has 1 saturated carbocycles. The van der Waals surface area contributed by atoms with Crippen LogP contribution in [-0.4, -0.2) is 26.3 Å². The van der Waals surface area contributed by atoms with Gasteiger partial charge >= 0.3 is 0 Å². The van der Waals surface area contributed by atoms with Crippen LogP contribution in [0.2, 0.25) is 0 Å². The SMILES string of the molecule is CC(C)CNCC1CCCCCC1C1CCCOC1. The third-order valence-electron chi connectivity index (χ3n) is 4.98. The Morgan fingerprint density at radius 1 is 1.05 bits per heavy atom. The zero-order valence-corrected chi connectivity index (χ0v) is 13.0. The molecule has 1 aliphatic carbocycles. The fourth-order valence-electron chi connectivity index (χ4n) is 3.95. The van der Waals surface area contributed by atoms with E-state index in [9.17, 15) is 0 Å². The van der Waals surface area contributed by atoms with Crippen molar-refractivity contribution >= 4 is 0 Å². The predicted octanol–water partition coefficient (Wildman–Crippen LogP) is 3.86. The molecule has 2 rings (SSSR count). The molecule has 1 aliphatic heterocycles. The van der Waals surface area contributed by atoms with Gasteiger partial charge in [-0.1, -0.05) is 33.1 Å². The Hall–Kier alpha value is -0.0800. The highest BCUT2D eigenvalue weighted by atomic mass is 16.5.